The minimum absolute atomic E-state index is 0.340. The number of anilines is 1. The molecule has 2 aromatic carbocycles. The van der Waals surface area contributed by atoms with Gasteiger partial charge in [0, 0.05) is 47.4 Å². The van der Waals surface area contributed by atoms with E-state index >= 15 is 0 Å². The van der Waals surface area contributed by atoms with Crippen LogP contribution in [0.25, 0.3) is 16.9 Å². The molecule has 0 amide bonds. The Morgan fingerprint density at radius 2 is 2.03 bits per heavy atom. The molecule has 0 radical (unpaired) electrons. The highest BCUT2D eigenvalue weighted by molar-refractivity contribution is 6.33. The zero-order chi connectivity index (χ0) is 25.8. The zero-order valence-electron chi connectivity index (χ0n) is 20.7. The lowest BCUT2D eigenvalue weighted by molar-refractivity contribution is -0.139. The Kier molecular flexibility index (Phi) is 7.58. The van der Waals surface area contributed by atoms with Gasteiger partial charge in [0.1, 0.15) is 11.6 Å². The molecule has 0 bridgehead atoms. The topological polar surface area (TPSA) is 92.0 Å². The number of aromatic nitrogens is 3. The number of likely N-dealkylation sites (tertiary alicyclic amines) is 1. The number of para-hydroxylation sites is 1. The van der Waals surface area contributed by atoms with Gasteiger partial charge in [-0.25, -0.2) is 9.78 Å². The van der Waals surface area contributed by atoms with Crippen LogP contribution in [0.5, 0.6) is 5.75 Å². The van der Waals surface area contributed by atoms with Gasteiger partial charge < -0.3 is 15.2 Å². The van der Waals surface area contributed by atoms with E-state index in [1.807, 2.05) is 72.2 Å². The molecule has 8 nitrogen and oxygen atoms in total. The van der Waals surface area contributed by atoms with E-state index in [0.29, 0.717) is 16.7 Å². The summed E-state index contributed by atoms with van der Waals surface area (Å²) in [4.78, 5) is 18.2. The Hall–Kier alpha value is -3.62. The third kappa shape index (κ3) is 5.87. The second kappa shape index (κ2) is 11.2. The number of aryl methyl sites for hydroxylation is 1. The molecule has 4 aromatic rings. The number of carboxylic acids is 1. The fourth-order valence-electron chi connectivity index (χ4n) is 4.87. The number of carbonyl (C=O) groups is 1. The summed E-state index contributed by atoms with van der Waals surface area (Å²) in [7, 11) is 0. The lowest BCUT2D eigenvalue weighted by Crippen LogP contribution is -2.37. The number of hydrogen-bond donors (Lipinski definition) is 2. The fourth-order valence-corrected chi connectivity index (χ4v) is 5.10. The fraction of sp³-hybridized carbons (Fsp3) is 0.321. The molecule has 0 spiro atoms. The van der Waals surface area contributed by atoms with Gasteiger partial charge in [-0.05, 0) is 44.4 Å². The molecule has 5 rings (SSSR count). The number of fused-ring (bicyclic) bond motifs is 1. The van der Waals surface area contributed by atoms with Crippen molar-refractivity contribution in [2.75, 3.05) is 31.6 Å². The van der Waals surface area contributed by atoms with Crippen molar-refractivity contribution in [1.82, 2.24) is 19.5 Å². The van der Waals surface area contributed by atoms with Gasteiger partial charge in [0.15, 0.2) is 12.3 Å². The second-order valence-corrected chi connectivity index (χ2v) is 9.89. The summed E-state index contributed by atoms with van der Waals surface area (Å²) in [5, 5.41) is 17.8. The molecule has 1 atom stereocenters. The predicted octanol–water partition coefficient (Wildman–Crippen LogP) is 5.15. The Morgan fingerprint density at radius 3 is 2.86 bits per heavy atom. The van der Waals surface area contributed by atoms with Crippen LogP contribution in [0.3, 0.4) is 0 Å². The number of rotatable bonds is 9. The number of halogens is 1. The van der Waals surface area contributed by atoms with Crippen LogP contribution in [-0.2, 0) is 11.3 Å². The average Bonchev–Trinajstić information content (AvgIpc) is 3.28. The standard InChI is InChI=1S/C28H30ClN5O3/c1-19-14-31-34-26(13-24(32-28(19)34)22-9-3-4-10-23(22)29)30-15-20-7-6-12-33(16-20)17-21-8-2-5-11-25(21)37-18-27(35)36/h2-5,8-11,13-14,20,30H,6-7,12,15-18H2,1H3,(H,35,36). The van der Waals surface area contributed by atoms with E-state index in [0.717, 1.165) is 72.9 Å². The van der Waals surface area contributed by atoms with E-state index in [2.05, 4.69) is 15.3 Å². The molecule has 1 aliphatic rings. The van der Waals surface area contributed by atoms with Crippen LogP contribution in [0.15, 0.2) is 60.8 Å². The molecule has 0 aliphatic carbocycles. The van der Waals surface area contributed by atoms with Crippen molar-refractivity contribution in [2.45, 2.75) is 26.3 Å². The maximum atomic E-state index is 10.9. The Bertz CT molecular complexity index is 1410. The van der Waals surface area contributed by atoms with Gasteiger partial charge in [-0.15, -0.1) is 0 Å². The highest BCUT2D eigenvalue weighted by Gasteiger charge is 2.22. The highest BCUT2D eigenvalue weighted by Crippen LogP contribution is 2.30. The van der Waals surface area contributed by atoms with Gasteiger partial charge in [0.2, 0.25) is 0 Å². The highest BCUT2D eigenvalue weighted by atomic mass is 35.5. The minimum atomic E-state index is -0.978. The number of carboxylic acid groups (broad SMARTS) is 1. The summed E-state index contributed by atoms with van der Waals surface area (Å²) in [6, 6.07) is 17.4. The van der Waals surface area contributed by atoms with Crippen molar-refractivity contribution in [2.24, 2.45) is 5.92 Å². The quantitative estimate of drug-likeness (QED) is 0.316. The van der Waals surface area contributed by atoms with Crippen molar-refractivity contribution in [3.05, 3.63) is 76.9 Å². The lowest BCUT2D eigenvalue weighted by Gasteiger charge is -2.33. The molecule has 37 heavy (non-hydrogen) atoms. The van der Waals surface area contributed by atoms with Gasteiger partial charge >= 0.3 is 5.97 Å². The Balaban J connectivity index is 1.29. The van der Waals surface area contributed by atoms with E-state index in [-0.39, 0.29) is 6.61 Å². The molecular weight excluding hydrogens is 490 g/mol. The summed E-state index contributed by atoms with van der Waals surface area (Å²) < 4.78 is 7.36. The van der Waals surface area contributed by atoms with Crippen LogP contribution in [-0.4, -0.2) is 56.8 Å². The van der Waals surface area contributed by atoms with Crippen LogP contribution >= 0.6 is 11.6 Å². The van der Waals surface area contributed by atoms with Gasteiger partial charge in [-0.1, -0.05) is 48.0 Å². The third-order valence-electron chi connectivity index (χ3n) is 6.69. The Labute approximate surface area is 220 Å². The van der Waals surface area contributed by atoms with Gasteiger partial charge in [-0.3, -0.25) is 4.90 Å². The number of benzene rings is 2. The minimum Gasteiger partial charge on any atom is -0.482 e. The van der Waals surface area contributed by atoms with E-state index in [9.17, 15) is 4.79 Å². The normalized spacial score (nSPS) is 16.1. The number of ether oxygens (including phenoxy) is 1. The molecule has 2 N–H and O–H groups in total. The molecule has 2 aromatic heterocycles. The van der Waals surface area contributed by atoms with Crippen LogP contribution < -0.4 is 10.1 Å². The summed E-state index contributed by atoms with van der Waals surface area (Å²) in [6.45, 7) is 5.12. The zero-order valence-corrected chi connectivity index (χ0v) is 21.5. The first-order valence-electron chi connectivity index (χ1n) is 12.5. The molecule has 9 heteroatoms. The number of hydrogen-bond acceptors (Lipinski definition) is 6. The van der Waals surface area contributed by atoms with Crippen molar-refractivity contribution in [3.8, 4) is 17.0 Å². The molecule has 1 unspecified atom stereocenters. The van der Waals surface area contributed by atoms with Gasteiger partial charge in [-0.2, -0.15) is 9.61 Å². The maximum Gasteiger partial charge on any atom is 0.341 e. The van der Waals surface area contributed by atoms with E-state index in [4.69, 9.17) is 26.4 Å². The molecule has 1 saturated heterocycles. The summed E-state index contributed by atoms with van der Waals surface area (Å²) in [6.07, 6.45) is 4.06. The van der Waals surface area contributed by atoms with Crippen molar-refractivity contribution in [1.29, 1.82) is 0 Å². The molecule has 1 fully saturated rings. The van der Waals surface area contributed by atoms with Crippen molar-refractivity contribution < 1.29 is 14.6 Å². The summed E-state index contributed by atoms with van der Waals surface area (Å²) in [5.41, 5.74) is 4.52. The maximum absolute atomic E-state index is 10.9. The molecule has 0 saturated carbocycles. The molecule has 192 valence electrons. The third-order valence-corrected chi connectivity index (χ3v) is 7.02. The largest absolute Gasteiger partial charge is 0.482 e. The molecular formula is C28H30ClN5O3. The van der Waals surface area contributed by atoms with Crippen LogP contribution in [0.2, 0.25) is 5.02 Å². The smallest absolute Gasteiger partial charge is 0.341 e. The second-order valence-electron chi connectivity index (χ2n) is 9.48. The van der Waals surface area contributed by atoms with Gasteiger partial charge in [0.25, 0.3) is 0 Å². The van der Waals surface area contributed by atoms with Gasteiger partial charge in [0.05, 0.1) is 11.9 Å². The lowest BCUT2D eigenvalue weighted by atomic mass is 9.97. The molecule has 1 aliphatic heterocycles. The number of aliphatic carboxylic acids is 1. The SMILES string of the molecule is Cc1cnn2c(NCC3CCCN(Cc4ccccc4OCC(=O)O)C3)cc(-c3ccccc3Cl)nc12. The van der Waals surface area contributed by atoms with E-state index in [1.54, 1.807) is 0 Å². The predicted molar refractivity (Wildman–Crippen MR) is 144 cm³/mol. The van der Waals surface area contributed by atoms with E-state index in [1.165, 1.54) is 0 Å². The van der Waals surface area contributed by atoms with Crippen molar-refractivity contribution >= 4 is 29.0 Å². The number of nitrogens with zero attached hydrogens (tertiary/aromatic N) is 4. The van der Waals surface area contributed by atoms with Crippen LogP contribution in [0, 0.1) is 12.8 Å². The average molecular weight is 520 g/mol. The van der Waals surface area contributed by atoms with Crippen LogP contribution in [0.4, 0.5) is 5.82 Å². The monoisotopic (exact) mass is 519 g/mol. The Morgan fingerprint density at radius 1 is 1.22 bits per heavy atom. The first-order chi connectivity index (χ1) is 18.0. The first-order valence-corrected chi connectivity index (χ1v) is 12.8. The number of piperidine rings is 1. The van der Waals surface area contributed by atoms with Crippen molar-refractivity contribution in [3.63, 3.8) is 0 Å². The summed E-state index contributed by atoms with van der Waals surface area (Å²) >= 11 is 6.48. The first kappa shape index (κ1) is 25.0. The number of nitrogens with one attached hydrogen (secondary N) is 1. The summed E-state index contributed by atoms with van der Waals surface area (Å²) in [5.74, 6) is 0.988. The van der Waals surface area contributed by atoms with Crippen LogP contribution in [0.1, 0.15) is 24.0 Å². The molecule has 3 heterocycles. The van der Waals surface area contributed by atoms with E-state index < -0.39 is 5.97 Å².